The molecule has 1 saturated heterocycles. The predicted octanol–water partition coefficient (Wildman–Crippen LogP) is 1.66. The molecule has 1 heterocycles. The first-order chi connectivity index (χ1) is 8.95. The Bertz CT molecular complexity index is 547. The van der Waals surface area contributed by atoms with Gasteiger partial charge in [0.1, 0.15) is 0 Å². The summed E-state index contributed by atoms with van der Waals surface area (Å²) >= 11 is 0. The van der Waals surface area contributed by atoms with E-state index in [2.05, 4.69) is 0 Å². The molecule has 5 heteroatoms. The van der Waals surface area contributed by atoms with Crippen LogP contribution in [0.2, 0.25) is 0 Å². The summed E-state index contributed by atoms with van der Waals surface area (Å²) in [6.45, 7) is 5.74. The molecule has 4 nitrogen and oxygen atoms in total. The molecular weight excluding hydrogens is 260 g/mol. The van der Waals surface area contributed by atoms with Gasteiger partial charge in [-0.3, -0.25) is 0 Å². The van der Waals surface area contributed by atoms with Gasteiger partial charge in [0.05, 0.1) is 4.90 Å². The highest BCUT2D eigenvalue weighted by Crippen LogP contribution is 2.24. The topological polar surface area (TPSA) is 63.4 Å². The molecule has 0 atom stereocenters. The van der Waals surface area contributed by atoms with Gasteiger partial charge in [-0.15, -0.1) is 0 Å². The van der Waals surface area contributed by atoms with Crippen molar-refractivity contribution in [1.82, 2.24) is 4.31 Å². The Labute approximate surface area is 115 Å². The molecule has 0 amide bonds. The van der Waals surface area contributed by atoms with E-state index in [1.807, 2.05) is 19.9 Å². The first kappa shape index (κ1) is 14.5. The Balaban J connectivity index is 2.21. The Morgan fingerprint density at radius 2 is 1.84 bits per heavy atom. The highest BCUT2D eigenvalue weighted by atomic mass is 32.2. The summed E-state index contributed by atoms with van der Waals surface area (Å²) in [6.07, 6.45) is 1.72. The van der Waals surface area contributed by atoms with E-state index < -0.39 is 10.0 Å². The van der Waals surface area contributed by atoms with Gasteiger partial charge in [-0.1, -0.05) is 6.07 Å². The first-order valence-corrected chi connectivity index (χ1v) is 8.16. The maximum Gasteiger partial charge on any atom is 0.243 e. The smallest absolute Gasteiger partial charge is 0.243 e. The fourth-order valence-corrected chi connectivity index (χ4v) is 3.96. The minimum atomic E-state index is -3.34. The van der Waals surface area contributed by atoms with Gasteiger partial charge in [0.25, 0.3) is 0 Å². The molecule has 0 aromatic heterocycles. The summed E-state index contributed by atoms with van der Waals surface area (Å²) in [6, 6.07) is 5.33. The second-order valence-electron chi connectivity index (χ2n) is 5.33. The summed E-state index contributed by atoms with van der Waals surface area (Å²) in [5.41, 5.74) is 7.76. The van der Waals surface area contributed by atoms with E-state index in [1.165, 1.54) is 0 Å². The number of benzene rings is 1. The van der Waals surface area contributed by atoms with Crippen LogP contribution in [0.5, 0.6) is 0 Å². The van der Waals surface area contributed by atoms with Gasteiger partial charge in [-0.05, 0) is 62.4 Å². The lowest BCUT2D eigenvalue weighted by Gasteiger charge is -2.30. The summed E-state index contributed by atoms with van der Waals surface area (Å²) in [5.74, 6) is 0.464. The van der Waals surface area contributed by atoms with Crippen molar-refractivity contribution >= 4 is 10.0 Å². The standard InChI is InChI=1S/C14H22N2O2S/c1-11-3-4-14(9-12(11)2)19(17,18)16-7-5-13(10-15)6-8-16/h3-4,9,13H,5-8,10,15H2,1-2H3. The highest BCUT2D eigenvalue weighted by Gasteiger charge is 2.28. The third-order valence-corrected chi connectivity index (χ3v) is 5.92. The SMILES string of the molecule is Cc1ccc(S(=O)(=O)N2CCC(CN)CC2)cc1C. The third kappa shape index (κ3) is 2.99. The third-order valence-electron chi connectivity index (χ3n) is 4.02. The van der Waals surface area contributed by atoms with E-state index in [0.29, 0.717) is 30.4 Å². The van der Waals surface area contributed by atoms with Crippen LogP contribution in [0.15, 0.2) is 23.1 Å². The predicted molar refractivity (Wildman–Crippen MR) is 76.5 cm³/mol. The molecule has 0 unspecified atom stereocenters. The van der Waals surface area contributed by atoms with Crippen molar-refractivity contribution in [3.63, 3.8) is 0 Å². The van der Waals surface area contributed by atoms with E-state index in [9.17, 15) is 8.42 Å². The van der Waals surface area contributed by atoms with E-state index >= 15 is 0 Å². The molecule has 19 heavy (non-hydrogen) atoms. The van der Waals surface area contributed by atoms with Crippen molar-refractivity contribution in [3.8, 4) is 0 Å². The molecule has 1 fully saturated rings. The molecule has 0 spiro atoms. The quantitative estimate of drug-likeness (QED) is 0.917. The lowest BCUT2D eigenvalue weighted by molar-refractivity contribution is 0.278. The van der Waals surface area contributed by atoms with Crippen LogP contribution >= 0.6 is 0 Å². The van der Waals surface area contributed by atoms with Gasteiger partial charge in [-0.25, -0.2) is 8.42 Å². The van der Waals surface area contributed by atoms with E-state index in [0.717, 1.165) is 24.0 Å². The minimum absolute atomic E-state index is 0.404. The summed E-state index contributed by atoms with van der Waals surface area (Å²) in [5, 5.41) is 0. The molecule has 1 aliphatic heterocycles. The summed E-state index contributed by atoms with van der Waals surface area (Å²) in [4.78, 5) is 0.404. The van der Waals surface area contributed by atoms with Crippen LogP contribution < -0.4 is 5.73 Å². The van der Waals surface area contributed by atoms with Crippen molar-refractivity contribution in [2.75, 3.05) is 19.6 Å². The average Bonchev–Trinajstić information content (AvgIpc) is 2.41. The van der Waals surface area contributed by atoms with Crippen molar-refractivity contribution < 1.29 is 8.42 Å². The largest absolute Gasteiger partial charge is 0.330 e. The fraction of sp³-hybridized carbons (Fsp3) is 0.571. The Hall–Kier alpha value is -0.910. The number of piperidine rings is 1. The highest BCUT2D eigenvalue weighted by molar-refractivity contribution is 7.89. The molecular formula is C14H22N2O2S. The normalized spacial score (nSPS) is 18.7. The molecule has 2 N–H and O–H groups in total. The Morgan fingerprint density at radius 3 is 2.37 bits per heavy atom. The van der Waals surface area contributed by atoms with Gasteiger partial charge >= 0.3 is 0 Å². The zero-order valence-electron chi connectivity index (χ0n) is 11.6. The summed E-state index contributed by atoms with van der Waals surface area (Å²) < 4.78 is 26.7. The zero-order valence-corrected chi connectivity index (χ0v) is 12.4. The van der Waals surface area contributed by atoms with Crippen molar-refractivity contribution in [2.45, 2.75) is 31.6 Å². The van der Waals surface area contributed by atoms with E-state index in [-0.39, 0.29) is 0 Å². The van der Waals surface area contributed by atoms with E-state index in [4.69, 9.17) is 5.73 Å². The summed E-state index contributed by atoms with van der Waals surface area (Å²) in [7, 11) is -3.34. The number of aryl methyl sites for hydroxylation is 2. The van der Waals surface area contributed by atoms with Crippen LogP contribution in [0.1, 0.15) is 24.0 Å². The van der Waals surface area contributed by atoms with Gasteiger partial charge in [0.2, 0.25) is 10.0 Å². The molecule has 106 valence electrons. The maximum atomic E-state index is 12.5. The van der Waals surface area contributed by atoms with Gasteiger partial charge in [0.15, 0.2) is 0 Å². The fourth-order valence-electron chi connectivity index (χ4n) is 2.41. The van der Waals surface area contributed by atoms with Crippen LogP contribution in [0.3, 0.4) is 0 Å². The molecule has 2 rings (SSSR count). The number of hydrogen-bond acceptors (Lipinski definition) is 3. The van der Waals surface area contributed by atoms with Gasteiger partial charge < -0.3 is 5.73 Å². The molecule has 0 radical (unpaired) electrons. The molecule has 0 aliphatic carbocycles. The van der Waals surface area contributed by atoms with Crippen LogP contribution in [0.4, 0.5) is 0 Å². The second-order valence-corrected chi connectivity index (χ2v) is 7.27. The van der Waals surface area contributed by atoms with Crippen LogP contribution in [0, 0.1) is 19.8 Å². The van der Waals surface area contributed by atoms with Crippen LogP contribution in [-0.2, 0) is 10.0 Å². The van der Waals surface area contributed by atoms with Gasteiger partial charge in [-0.2, -0.15) is 4.31 Å². The van der Waals surface area contributed by atoms with Crippen molar-refractivity contribution in [1.29, 1.82) is 0 Å². The Kier molecular flexibility index (Phi) is 4.28. The van der Waals surface area contributed by atoms with E-state index in [1.54, 1.807) is 16.4 Å². The number of nitrogens with zero attached hydrogens (tertiary/aromatic N) is 1. The number of hydrogen-bond donors (Lipinski definition) is 1. The maximum absolute atomic E-state index is 12.5. The Morgan fingerprint density at radius 1 is 1.21 bits per heavy atom. The molecule has 1 aliphatic rings. The molecule has 0 bridgehead atoms. The number of nitrogens with two attached hydrogens (primary N) is 1. The second kappa shape index (κ2) is 5.61. The van der Waals surface area contributed by atoms with Crippen LogP contribution in [-0.4, -0.2) is 32.4 Å². The van der Waals surface area contributed by atoms with Gasteiger partial charge in [0, 0.05) is 13.1 Å². The average molecular weight is 282 g/mol. The lowest BCUT2D eigenvalue weighted by atomic mass is 9.99. The lowest BCUT2D eigenvalue weighted by Crippen LogP contribution is -2.40. The van der Waals surface area contributed by atoms with Crippen LogP contribution in [0.25, 0.3) is 0 Å². The van der Waals surface area contributed by atoms with Crippen molar-refractivity contribution in [2.24, 2.45) is 11.7 Å². The number of sulfonamides is 1. The minimum Gasteiger partial charge on any atom is -0.330 e. The number of rotatable bonds is 3. The molecule has 0 saturated carbocycles. The monoisotopic (exact) mass is 282 g/mol. The zero-order chi connectivity index (χ0) is 14.0. The molecule has 1 aromatic rings. The van der Waals surface area contributed by atoms with Crippen molar-refractivity contribution in [3.05, 3.63) is 29.3 Å². The first-order valence-electron chi connectivity index (χ1n) is 6.72. The molecule has 1 aromatic carbocycles.